The van der Waals surface area contributed by atoms with Gasteiger partial charge >= 0.3 is 0 Å². The second kappa shape index (κ2) is 8.08. The zero-order chi connectivity index (χ0) is 15.8. The summed E-state index contributed by atoms with van der Waals surface area (Å²) in [5, 5.41) is 4.00. The predicted molar refractivity (Wildman–Crippen MR) is 89.8 cm³/mol. The molecule has 0 aliphatic heterocycles. The van der Waals surface area contributed by atoms with Crippen molar-refractivity contribution in [2.45, 2.75) is 20.5 Å². The lowest BCUT2D eigenvalue weighted by molar-refractivity contribution is 0.269. The number of nitrogens with one attached hydrogen (secondary N) is 1. The molecule has 4 heteroatoms. The van der Waals surface area contributed by atoms with Crippen molar-refractivity contribution in [1.82, 2.24) is 5.43 Å². The Morgan fingerprint density at radius 3 is 2.50 bits per heavy atom. The van der Waals surface area contributed by atoms with Crippen molar-refractivity contribution in [3.8, 4) is 11.5 Å². The van der Waals surface area contributed by atoms with Gasteiger partial charge < -0.3 is 14.9 Å². The quantitative estimate of drug-likeness (QED) is 0.628. The Balaban J connectivity index is 2.11. The molecule has 0 radical (unpaired) electrons. The molecule has 0 bridgehead atoms. The number of hydrogen-bond acceptors (Lipinski definition) is 4. The molecule has 0 atom stereocenters. The van der Waals surface area contributed by atoms with E-state index in [9.17, 15) is 0 Å². The van der Waals surface area contributed by atoms with E-state index in [1.165, 1.54) is 5.56 Å². The minimum Gasteiger partial charge on any atom is -0.490 e. The highest BCUT2D eigenvalue weighted by molar-refractivity contribution is 5.80. The smallest absolute Gasteiger partial charge is 0.161 e. The molecule has 0 spiro atoms. The van der Waals surface area contributed by atoms with E-state index in [1.54, 1.807) is 13.3 Å². The molecular formula is C18H22N2O2. The van der Waals surface area contributed by atoms with Crippen molar-refractivity contribution < 1.29 is 9.47 Å². The summed E-state index contributed by atoms with van der Waals surface area (Å²) >= 11 is 0. The molecule has 0 unspecified atom stereocenters. The van der Waals surface area contributed by atoms with Crippen molar-refractivity contribution in [1.29, 1.82) is 0 Å². The summed E-state index contributed by atoms with van der Waals surface area (Å²) in [5.74, 6) is 1.47. The van der Waals surface area contributed by atoms with Crippen LogP contribution in [0.4, 0.5) is 0 Å². The second-order valence-electron chi connectivity index (χ2n) is 4.90. The average molecular weight is 298 g/mol. The third-order valence-electron chi connectivity index (χ3n) is 3.13. The molecule has 0 amide bonds. The molecule has 0 aliphatic carbocycles. The van der Waals surface area contributed by atoms with Gasteiger partial charge in [0.25, 0.3) is 0 Å². The van der Waals surface area contributed by atoms with E-state index in [4.69, 9.17) is 9.47 Å². The SMILES string of the molecule is CCOc1cc(/C=N/NC)ccc1OCc1ccc(C)cc1. The fraction of sp³-hybridized carbons (Fsp3) is 0.278. The van der Waals surface area contributed by atoms with Gasteiger partial charge in [-0.25, -0.2) is 0 Å². The molecule has 2 aromatic rings. The molecule has 0 saturated heterocycles. The Morgan fingerprint density at radius 1 is 1.05 bits per heavy atom. The second-order valence-corrected chi connectivity index (χ2v) is 4.90. The highest BCUT2D eigenvalue weighted by Gasteiger charge is 2.06. The molecule has 22 heavy (non-hydrogen) atoms. The lowest BCUT2D eigenvalue weighted by Crippen LogP contribution is -2.01. The Labute approximate surface area is 131 Å². The van der Waals surface area contributed by atoms with Gasteiger partial charge in [-0.3, -0.25) is 0 Å². The first-order valence-corrected chi connectivity index (χ1v) is 7.38. The molecule has 2 rings (SSSR count). The largest absolute Gasteiger partial charge is 0.490 e. The van der Waals surface area contributed by atoms with Crippen molar-refractivity contribution in [2.75, 3.05) is 13.7 Å². The highest BCUT2D eigenvalue weighted by Crippen LogP contribution is 2.28. The molecule has 4 nitrogen and oxygen atoms in total. The number of aryl methyl sites for hydroxylation is 1. The molecule has 0 aliphatic rings. The van der Waals surface area contributed by atoms with Crippen LogP contribution in [0.5, 0.6) is 11.5 Å². The van der Waals surface area contributed by atoms with Crippen molar-refractivity contribution in [2.24, 2.45) is 5.10 Å². The summed E-state index contributed by atoms with van der Waals surface area (Å²) in [5.41, 5.74) is 6.07. The third-order valence-corrected chi connectivity index (χ3v) is 3.13. The van der Waals surface area contributed by atoms with Crippen LogP contribution in [0.2, 0.25) is 0 Å². The summed E-state index contributed by atoms with van der Waals surface area (Å²) in [7, 11) is 1.76. The molecule has 116 valence electrons. The van der Waals surface area contributed by atoms with Crippen LogP contribution in [-0.4, -0.2) is 19.9 Å². The lowest BCUT2D eigenvalue weighted by atomic mass is 10.2. The maximum Gasteiger partial charge on any atom is 0.161 e. The molecule has 0 fully saturated rings. The molecule has 0 saturated carbocycles. The molecule has 2 aromatic carbocycles. The van der Waals surface area contributed by atoms with Crippen LogP contribution >= 0.6 is 0 Å². The predicted octanol–water partition coefficient (Wildman–Crippen LogP) is 3.53. The van der Waals surface area contributed by atoms with Crippen LogP contribution in [0.25, 0.3) is 0 Å². The fourth-order valence-corrected chi connectivity index (χ4v) is 1.98. The summed E-state index contributed by atoms with van der Waals surface area (Å²) in [6, 6.07) is 14.1. The molecule has 1 N–H and O–H groups in total. The van der Waals surface area contributed by atoms with Gasteiger partial charge in [0, 0.05) is 7.05 Å². The van der Waals surface area contributed by atoms with Crippen LogP contribution in [-0.2, 0) is 6.61 Å². The minimum absolute atomic E-state index is 0.518. The number of hydrogen-bond donors (Lipinski definition) is 1. The van der Waals surface area contributed by atoms with E-state index >= 15 is 0 Å². The number of ether oxygens (including phenoxy) is 2. The van der Waals surface area contributed by atoms with Crippen LogP contribution in [0.1, 0.15) is 23.6 Å². The topological polar surface area (TPSA) is 42.8 Å². The Hall–Kier alpha value is -2.49. The zero-order valence-electron chi connectivity index (χ0n) is 13.3. The summed E-state index contributed by atoms with van der Waals surface area (Å²) in [6.45, 7) is 5.14. The molecule has 0 heterocycles. The Morgan fingerprint density at radius 2 is 1.82 bits per heavy atom. The molecular weight excluding hydrogens is 276 g/mol. The van der Waals surface area contributed by atoms with Gasteiger partial charge in [-0.1, -0.05) is 29.8 Å². The van der Waals surface area contributed by atoms with Gasteiger partial charge in [0.2, 0.25) is 0 Å². The van der Waals surface area contributed by atoms with Crippen LogP contribution in [0.3, 0.4) is 0 Å². The number of nitrogens with zero attached hydrogens (tertiary/aromatic N) is 1. The summed E-state index contributed by atoms with van der Waals surface area (Å²) in [6.07, 6.45) is 1.74. The van der Waals surface area contributed by atoms with E-state index in [-0.39, 0.29) is 0 Å². The minimum atomic E-state index is 0.518. The number of benzene rings is 2. The van der Waals surface area contributed by atoms with Crippen LogP contribution in [0.15, 0.2) is 47.6 Å². The van der Waals surface area contributed by atoms with Crippen LogP contribution < -0.4 is 14.9 Å². The van der Waals surface area contributed by atoms with Gasteiger partial charge in [-0.2, -0.15) is 5.10 Å². The highest BCUT2D eigenvalue weighted by atomic mass is 16.5. The van der Waals surface area contributed by atoms with E-state index in [0.29, 0.717) is 13.2 Å². The normalized spacial score (nSPS) is 10.7. The summed E-state index contributed by atoms with van der Waals surface area (Å²) < 4.78 is 11.5. The van der Waals surface area contributed by atoms with E-state index in [2.05, 4.69) is 41.7 Å². The maximum absolute atomic E-state index is 5.89. The number of hydrazone groups is 1. The van der Waals surface area contributed by atoms with Gasteiger partial charge in [-0.05, 0) is 43.2 Å². The van der Waals surface area contributed by atoms with E-state index < -0.39 is 0 Å². The van der Waals surface area contributed by atoms with Gasteiger partial charge in [-0.15, -0.1) is 0 Å². The Bertz CT molecular complexity index is 621. The van der Waals surface area contributed by atoms with Crippen molar-refractivity contribution in [3.05, 3.63) is 59.2 Å². The van der Waals surface area contributed by atoms with E-state index in [0.717, 1.165) is 22.6 Å². The van der Waals surface area contributed by atoms with Crippen molar-refractivity contribution >= 4 is 6.21 Å². The lowest BCUT2D eigenvalue weighted by Gasteiger charge is -2.12. The Kier molecular flexibility index (Phi) is 5.83. The van der Waals surface area contributed by atoms with Crippen LogP contribution in [0, 0.1) is 6.92 Å². The number of rotatable bonds is 7. The third kappa shape index (κ3) is 4.52. The fourth-order valence-electron chi connectivity index (χ4n) is 1.98. The van der Waals surface area contributed by atoms with Crippen molar-refractivity contribution in [3.63, 3.8) is 0 Å². The first kappa shape index (κ1) is 15.9. The van der Waals surface area contributed by atoms with Gasteiger partial charge in [0.1, 0.15) is 6.61 Å². The first-order chi connectivity index (χ1) is 10.7. The first-order valence-electron chi connectivity index (χ1n) is 7.38. The zero-order valence-corrected chi connectivity index (χ0v) is 13.3. The van der Waals surface area contributed by atoms with Gasteiger partial charge in [0.15, 0.2) is 11.5 Å². The average Bonchev–Trinajstić information content (AvgIpc) is 2.54. The standard InChI is InChI=1S/C18H22N2O2/c1-4-21-18-11-16(12-20-19-3)9-10-17(18)22-13-15-7-5-14(2)6-8-15/h5-12,19H,4,13H2,1-3H3/b20-12+. The van der Waals surface area contributed by atoms with Gasteiger partial charge in [0.05, 0.1) is 12.8 Å². The maximum atomic E-state index is 5.89. The van der Waals surface area contributed by atoms with E-state index in [1.807, 2.05) is 25.1 Å². The summed E-state index contributed by atoms with van der Waals surface area (Å²) in [4.78, 5) is 0. The molecule has 0 aromatic heterocycles. The monoisotopic (exact) mass is 298 g/mol.